The van der Waals surface area contributed by atoms with Crippen LogP contribution < -0.4 is 4.74 Å². The molecule has 0 radical (unpaired) electrons. The van der Waals surface area contributed by atoms with Crippen molar-refractivity contribution in [2.24, 2.45) is 0 Å². The van der Waals surface area contributed by atoms with E-state index in [-0.39, 0.29) is 6.04 Å². The van der Waals surface area contributed by atoms with Gasteiger partial charge in [-0.3, -0.25) is 9.88 Å². The lowest BCUT2D eigenvalue weighted by Gasteiger charge is -2.22. The Morgan fingerprint density at radius 1 is 1.03 bits per heavy atom. The summed E-state index contributed by atoms with van der Waals surface area (Å²) < 4.78 is 11.7. The number of ether oxygens (including phenoxy) is 1. The van der Waals surface area contributed by atoms with E-state index in [0.29, 0.717) is 23.7 Å². The number of hydrogen-bond acceptors (Lipinski definition) is 7. The average Bonchev–Trinajstić information content (AvgIpc) is 3.45. The molecule has 1 atom stereocenters. The first-order valence-electron chi connectivity index (χ1n) is 10.9. The van der Waals surface area contributed by atoms with Crippen LogP contribution in [0.2, 0.25) is 0 Å². The van der Waals surface area contributed by atoms with Crippen molar-refractivity contribution >= 4 is 0 Å². The zero-order chi connectivity index (χ0) is 20.2. The topological polar surface area (TPSA) is 77.2 Å². The molecule has 3 aromatic heterocycles. The molecule has 2 fully saturated rings. The van der Waals surface area contributed by atoms with Crippen molar-refractivity contribution in [3.05, 3.63) is 54.3 Å². The predicted molar refractivity (Wildman–Crippen MR) is 112 cm³/mol. The van der Waals surface area contributed by atoms with Crippen molar-refractivity contribution in [1.29, 1.82) is 0 Å². The molecule has 0 bridgehead atoms. The molecule has 5 rings (SSSR count). The van der Waals surface area contributed by atoms with Crippen LogP contribution in [-0.2, 0) is 6.54 Å². The highest BCUT2D eigenvalue weighted by Gasteiger charge is 2.31. The minimum absolute atomic E-state index is 0.147. The van der Waals surface area contributed by atoms with Crippen molar-refractivity contribution in [2.75, 3.05) is 6.54 Å². The van der Waals surface area contributed by atoms with Crippen LogP contribution in [0, 0.1) is 0 Å². The van der Waals surface area contributed by atoms with Gasteiger partial charge in [-0.05, 0) is 62.8 Å². The second-order valence-corrected chi connectivity index (χ2v) is 8.21. The highest BCUT2D eigenvalue weighted by atomic mass is 16.5. The van der Waals surface area contributed by atoms with Gasteiger partial charge in [0.15, 0.2) is 0 Å². The number of rotatable bonds is 6. The summed E-state index contributed by atoms with van der Waals surface area (Å²) in [5, 5.41) is 4.21. The number of hydrogen-bond donors (Lipinski definition) is 0. The van der Waals surface area contributed by atoms with Crippen LogP contribution in [0.5, 0.6) is 5.88 Å². The van der Waals surface area contributed by atoms with Crippen LogP contribution in [0.4, 0.5) is 0 Å². The smallest absolute Gasteiger partial charge is 0.244 e. The SMILES string of the molecule is c1cncc(CN2CCC[C@H]2c2nc(-c3ccc(OC4CCCCC4)nc3)no2)c1. The third kappa shape index (κ3) is 4.36. The number of aromatic nitrogens is 4. The fourth-order valence-corrected chi connectivity index (χ4v) is 4.45. The average molecular weight is 406 g/mol. The molecule has 0 unspecified atom stereocenters. The first kappa shape index (κ1) is 19.2. The minimum atomic E-state index is 0.147. The van der Waals surface area contributed by atoms with Crippen molar-refractivity contribution in [1.82, 2.24) is 25.0 Å². The van der Waals surface area contributed by atoms with Gasteiger partial charge in [0.2, 0.25) is 17.6 Å². The molecule has 0 N–H and O–H groups in total. The summed E-state index contributed by atoms with van der Waals surface area (Å²) in [4.78, 5) is 15.7. The van der Waals surface area contributed by atoms with E-state index in [1.165, 1.54) is 24.8 Å². The Kier molecular flexibility index (Phi) is 5.70. The quantitative estimate of drug-likeness (QED) is 0.594. The molecular weight excluding hydrogens is 378 g/mol. The Labute approximate surface area is 176 Å². The standard InChI is InChI=1S/C23H27N5O2/c1-2-7-19(8-3-1)29-21-11-10-18(15-25-21)22-26-23(30-27-22)20-9-5-13-28(20)16-17-6-4-12-24-14-17/h4,6,10-12,14-15,19-20H,1-3,5,7-9,13,16H2/t20-/m0/s1. The lowest BCUT2D eigenvalue weighted by atomic mass is 9.98. The van der Waals surface area contributed by atoms with Crippen LogP contribution in [0.3, 0.4) is 0 Å². The molecule has 1 saturated carbocycles. The van der Waals surface area contributed by atoms with Crippen LogP contribution in [0.1, 0.15) is 62.4 Å². The molecule has 7 heteroatoms. The van der Waals surface area contributed by atoms with Crippen LogP contribution >= 0.6 is 0 Å². The Balaban J connectivity index is 1.25. The van der Waals surface area contributed by atoms with E-state index in [0.717, 1.165) is 44.3 Å². The Morgan fingerprint density at radius 3 is 2.77 bits per heavy atom. The van der Waals surface area contributed by atoms with Crippen LogP contribution in [-0.4, -0.2) is 37.7 Å². The summed E-state index contributed by atoms with van der Waals surface area (Å²) >= 11 is 0. The molecule has 1 aliphatic heterocycles. The third-order valence-corrected chi connectivity index (χ3v) is 6.03. The lowest BCUT2D eigenvalue weighted by molar-refractivity contribution is 0.148. The van der Waals surface area contributed by atoms with Crippen molar-refractivity contribution in [3.63, 3.8) is 0 Å². The molecule has 7 nitrogen and oxygen atoms in total. The van der Waals surface area contributed by atoms with E-state index in [4.69, 9.17) is 9.26 Å². The van der Waals surface area contributed by atoms with Gasteiger partial charge in [0.05, 0.1) is 6.04 Å². The van der Waals surface area contributed by atoms with E-state index in [2.05, 4.69) is 31.1 Å². The third-order valence-electron chi connectivity index (χ3n) is 6.03. The highest BCUT2D eigenvalue weighted by molar-refractivity contribution is 5.53. The maximum Gasteiger partial charge on any atom is 0.244 e. The fraction of sp³-hybridized carbons (Fsp3) is 0.478. The summed E-state index contributed by atoms with van der Waals surface area (Å²) in [5.74, 6) is 1.93. The van der Waals surface area contributed by atoms with Crippen LogP contribution in [0.15, 0.2) is 47.4 Å². The molecule has 0 spiro atoms. The fourth-order valence-electron chi connectivity index (χ4n) is 4.45. The van der Waals surface area contributed by atoms with Crippen LogP contribution in [0.25, 0.3) is 11.4 Å². The van der Waals surface area contributed by atoms with E-state index in [1.807, 2.05) is 24.4 Å². The first-order chi connectivity index (χ1) is 14.8. The van der Waals surface area contributed by atoms with Crippen molar-refractivity contribution < 1.29 is 9.26 Å². The predicted octanol–water partition coefficient (Wildman–Crippen LogP) is 4.58. The summed E-state index contributed by atoms with van der Waals surface area (Å²) in [6.45, 7) is 1.86. The molecule has 30 heavy (non-hydrogen) atoms. The summed E-state index contributed by atoms with van der Waals surface area (Å²) in [6.07, 6.45) is 14.0. The number of pyridine rings is 2. The maximum atomic E-state index is 6.02. The zero-order valence-corrected chi connectivity index (χ0v) is 17.1. The van der Waals surface area contributed by atoms with E-state index < -0.39 is 0 Å². The molecule has 0 amide bonds. The Bertz CT molecular complexity index is 938. The molecule has 4 heterocycles. The van der Waals surface area contributed by atoms with Gasteiger partial charge in [0.25, 0.3) is 0 Å². The molecular formula is C23H27N5O2. The van der Waals surface area contributed by atoms with Gasteiger partial charge in [0, 0.05) is 36.8 Å². The minimum Gasteiger partial charge on any atom is -0.474 e. The van der Waals surface area contributed by atoms with Gasteiger partial charge in [0.1, 0.15) is 6.10 Å². The van der Waals surface area contributed by atoms with Gasteiger partial charge in [-0.15, -0.1) is 0 Å². The summed E-state index contributed by atoms with van der Waals surface area (Å²) in [7, 11) is 0. The molecule has 1 saturated heterocycles. The Morgan fingerprint density at radius 2 is 1.97 bits per heavy atom. The van der Waals surface area contributed by atoms with Crippen molar-refractivity contribution in [3.8, 4) is 17.3 Å². The molecule has 3 aromatic rings. The second kappa shape index (κ2) is 8.92. The molecule has 0 aromatic carbocycles. The maximum absolute atomic E-state index is 6.02. The zero-order valence-electron chi connectivity index (χ0n) is 17.1. The normalized spacial score (nSPS) is 20.5. The number of nitrogens with zero attached hydrogens (tertiary/aromatic N) is 5. The van der Waals surface area contributed by atoms with Gasteiger partial charge in [-0.2, -0.15) is 4.98 Å². The van der Waals surface area contributed by atoms with Crippen molar-refractivity contribution in [2.45, 2.75) is 63.6 Å². The molecule has 1 aliphatic carbocycles. The first-order valence-corrected chi connectivity index (χ1v) is 10.9. The summed E-state index contributed by atoms with van der Waals surface area (Å²) in [5.41, 5.74) is 2.04. The highest BCUT2D eigenvalue weighted by Crippen LogP contribution is 2.33. The monoisotopic (exact) mass is 405 g/mol. The molecule has 156 valence electrons. The Hall–Kier alpha value is -2.80. The van der Waals surface area contributed by atoms with E-state index >= 15 is 0 Å². The number of likely N-dealkylation sites (tertiary alicyclic amines) is 1. The summed E-state index contributed by atoms with van der Waals surface area (Å²) in [6, 6.07) is 8.09. The van der Waals surface area contributed by atoms with Gasteiger partial charge < -0.3 is 9.26 Å². The van der Waals surface area contributed by atoms with E-state index in [9.17, 15) is 0 Å². The van der Waals surface area contributed by atoms with Gasteiger partial charge in [-0.1, -0.05) is 17.6 Å². The van der Waals surface area contributed by atoms with Gasteiger partial charge in [-0.25, -0.2) is 4.98 Å². The largest absolute Gasteiger partial charge is 0.474 e. The second-order valence-electron chi connectivity index (χ2n) is 8.21. The molecule has 2 aliphatic rings. The lowest BCUT2D eigenvalue weighted by Crippen LogP contribution is -2.23. The van der Waals surface area contributed by atoms with Gasteiger partial charge >= 0.3 is 0 Å². The van der Waals surface area contributed by atoms with E-state index in [1.54, 1.807) is 12.4 Å².